The first kappa shape index (κ1) is 18.1. The summed E-state index contributed by atoms with van der Waals surface area (Å²) >= 11 is 18.9. The molecule has 0 aliphatic rings. The maximum atomic E-state index is 6.43. The van der Waals surface area contributed by atoms with Crippen molar-refractivity contribution in [2.75, 3.05) is 0 Å². The molecule has 0 saturated carbocycles. The molecule has 4 rings (SSSR count). The third-order valence-electron chi connectivity index (χ3n) is 4.19. The minimum atomic E-state index is -0.393. The SMILES string of the molecule is C[C@@H](Oc1cc(Cl)c2[nH]nc(-c3cnn(C)c3)c2c1)c1c(Cl)cncc1Cl. The number of hydrogen-bond donors (Lipinski definition) is 1. The van der Waals surface area contributed by atoms with E-state index in [1.54, 1.807) is 16.9 Å². The largest absolute Gasteiger partial charge is 0.486 e. The third-order valence-corrected chi connectivity index (χ3v) is 5.09. The molecule has 0 unspecified atom stereocenters. The Balaban J connectivity index is 1.74. The zero-order valence-electron chi connectivity index (χ0n) is 14.4. The van der Waals surface area contributed by atoms with E-state index in [4.69, 9.17) is 39.5 Å². The van der Waals surface area contributed by atoms with Crippen LogP contribution >= 0.6 is 34.8 Å². The number of benzene rings is 1. The number of fused-ring (bicyclic) bond motifs is 1. The van der Waals surface area contributed by atoms with Crippen LogP contribution in [0.1, 0.15) is 18.6 Å². The second-order valence-corrected chi connectivity index (χ2v) is 7.30. The Morgan fingerprint density at radius 2 is 1.81 bits per heavy atom. The van der Waals surface area contributed by atoms with Crippen molar-refractivity contribution in [3.05, 3.63) is 57.6 Å². The molecule has 3 heterocycles. The van der Waals surface area contributed by atoms with Gasteiger partial charge in [-0.2, -0.15) is 10.2 Å². The highest BCUT2D eigenvalue weighted by Crippen LogP contribution is 2.37. The maximum absolute atomic E-state index is 6.43. The van der Waals surface area contributed by atoms with E-state index in [-0.39, 0.29) is 0 Å². The molecule has 1 aromatic carbocycles. The highest BCUT2D eigenvalue weighted by molar-refractivity contribution is 6.36. The van der Waals surface area contributed by atoms with Crippen LogP contribution in [-0.4, -0.2) is 25.0 Å². The number of aryl methyl sites for hydroxylation is 1. The number of aromatic nitrogens is 5. The van der Waals surface area contributed by atoms with E-state index in [1.165, 1.54) is 12.4 Å². The number of rotatable bonds is 4. The second kappa shape index (κ2) is 7.03. The molecule has 0 bridgehead atoms. The van der Waals surface area contributed by atoms with Gasteiger partial charge in [0.2, 0.25) is 0 Å². The van der Waals surface area contributed by atoms with Gasteiger partial charge >= 0.3 is 0 Å². The quantitative estimate of drug-likeness (QED) is 0.474. The van der Waals surface area contributed by atoms with E-state index in [0.29, 0.717) is 26.4 Å². The Bertz CT molecular complexity index is 1120. The summed E-state index contributed by atoms with van der Waals surface area (Å²) in [6, 6.07) is 3.61. The molecule has 1 atom stereocenters. The minimum Gasteiger partial charge on any atom is -0.486 e. The highest BCUT2D eigenvalue weighted by Gasteiger charge is 2.18. The van der Waals surface area contributed by atoms with Crippen LogP contribution in [0.5, 0.6) is 5.75 Å². The number of halogens is 3. The smallest absolute Gasteiger partial charge is 0.124 e. The summed E-state index contributed by atoms with van der Waals surface area (Å²) in [7, 11) is 1.85. The molecule has 0 radical (unpaired) electrons. The monoisotopic (exact) mass is 421 g/mol. The predicted molar refractivity (Wildman–Crippen MR) is 107 cm³/mol. The summed E-state index contributed by atoms with van der Waals surface area (Å²) in [6.07, 6.45) is 6.31. The Hall–Kier alpha value is -2.28. The van der Waals surface area contributed by atoms with Crippen LogP contribution in [0.3, 0.4) is 0 Å². The molecule has 138 valence electrons. The van der Waals surface area contributed by atoms with Gasteiger partial charge in [0.05, 0.1) is 26.8 Å². The number of nitrogens with one attached hydrogen (secondary N) is 1. The minimum absolute atomic E-state index is 0.393. The highest BCUT2D eigenvalue weighted by atomic mass is 35.5. The van der Waals surface area contributed by atoms with Crippen molar-refractivity contribution in [2.24, 2.45) is 7.05 Å². The van der Waals surface area contributed by atoms with Crippen molar-refractivity contribution < 1.29 is 4.74 Å². The van der Waals surface area contributed by atoms with Gasteiger partial charge in [0.1, 0.15) is 17.5 Å². The molecule has 0 spiro atoms. The van der Waals surface area contributed by atoms with Crippen molar-refractivity contribution >= 4 is 45.7 Å². The van der Waals surface area contributed by atoms with Gasteiger partial charge in [-0.1, -0.05) is 34.8 Å². The number of H-pyrrole nitrogens is 1. The zero-order chi connectivity index (χ0) is 19.1. The van der Waals surface area contributed by atoms with E-state index in [0.717, 1.165) is 22.2 Å². The summed E-state index contributed by atoms with van der Waals surface area (Å²) in [5.41, 5.74) is 3.03. The van der Waals surface area contributed by atoms with Crippen molar-refractivity contribution in [3.8, 4) is 17.0 Å². The lowest BCUT2D eigenvalue weighted by atomic mass is 10.1. The lowest BCUT2D eigenvalue weighted by molar-refractivity contribution is 0.227. The molecule has 1 N–H and O–H groups in total. The van der Waals surface area contributed by atoms with Gasteiger partial charge in [-0.05, 0) is 13.0 Å². The van der Waals surface area contributed by atoms with E-state index < -0.39 is 6.10 Å². The molecule has 0 fully saturated rings. The average molecular weight is 423 g/mol. The van der Waals surface area contributed by atoms with Gasteiger partial charge in [0.25, 0.3) is 0 Å². The number of nitrogens with zero attached hydrogens (tertiary/aromatic N) is 4. The number of pyridine rings is 1. The van der Waals surface area contributed by atoms with Crippen molar-refractivity contribution in [1.82, 2.24) is 25.0 Å². The topological polar surface area (TPSA) is 68.6 Å². The summed E-state index contributed by atoms with van der Waals surface area (Å²) in [5, 5.41) is 13.8. The van der Waals surface area contributed by atoms with E-state index in [9.17, 15) is 0 Å². The van der Waals surface area contributed by atoms with Crippen LogP contribution in [0.25, 0.3) is 22.2 Å². The zero-order valence-corrected chi connectivity index (χ0v) is 16.6. The van der Waals surface area contributed by atoms with Crippen molar-refractivity contribution in [1.29, 1.82) is 0 Å². The van der Waals surface area contributed by atoms with Gasteiger partial charge in [0.15, 0.2) is 0 Å². The summed E-state index contributed by atoms with van der Waals surface area (Å²) in [5.74, 6) is 0.579. The summed E-state index contributed by atoms with van der Waals surface area (Å²) < 4.78 is 7.79. The lowest BCUT2D eigenvalue weighted by Crippen LogP contribution is -2.05. The molecule has 6 nitrogen and oxygen atoms in total. The molecule has 0 aliphatic carbocycles. The normalized spacial score (nSPS) is 12.5. The molecule has 9 heteroatoms. The van der Waals surface area contributed by atoms with Crippen molar-refractivity contribution in [3.63, 3.8) is 0 Å². The van der Waals surface area contributed by atoms with Crippen LogP contribution in [0, 0.1) is 0 Å². The van der Waals surface area contributed by atoms with Gasteiger partial charge in [-0.15, -0.1) is 0 Å². The molecule has 4 aromatic rings. The average Bonchev–Trinajstić information content (AvgIpc) is 3.21. The van der Waals surface area contributed by atoms with Gasteiger partial charge in [0, 0.05) is 48.2 Å². The van der Waals surface area contributed by atoms with Crippen LogP contribution in [-0.2, 0) is 7.05 Å². The standard InChI is InChI=1S/C18H14Cl3N5O/c1-9(16-14(20)6-22-7-15(16)21)27-11-3-12-17(10-5-23-26(2)8-10)24-25-18(12)13(19)4-11/h3-9H,1-2H3,(H,24,25)/t9-/m1/s1. The fraction of sp³-hybridized carbons (Fsp3) is 0.167. The van der Waals surface area contributed by atoms with E-state index >= 15 is 0 Å². The Kier molecular flexibility index (Phi) is 4.72. The molecule has 3 aromatic heterocycles. The predicted octanol–water partition coefficient (Wildman–Crippen LogP) is 5.46. The van der Waals surface area contributed by atoms with E-state index in [1.807, 2.05) is 26.2 Å². The first-order chi connectivity index (χ1) is 12.9. The van der Waals surface area contributed by atoms with Gasteiger partial charge < -0.3 is 4.74 Å². The molecular formula is C18H14Cl3N5O. The Morgan fingerprint density at radius 3 is 2.48 bits per heavy atom. The first-order valence-corrected chi connectivity index (χ1v) is 9.19. The van der Waals surface area contributed by atoms with E-state index in [2.05, 4.69) is 20.3 Å². The van der Waals surface area contributed by atoms with Crippen LogP contribution in [0.15, 0.2) is 36.9 Å². The third kappa shape index (κ3) is 3.36. The Labute approximate surface area is 170 Å². The fourth-order valence-corrected chi connectivity index (χ4v) is 3.88. The second-order valence-electron chi connectivity index (χ2n) is 6.08. The van der Waals surface area contributed by atoms with Crippen molar-refractivity contribution in [2.45, 2.75) is 13.0 Å². The summed E-state index contributed by atoms with van der Waals surface area (Å²) in [6.45, 7) is 1.86. The number of aromatic amines is 1. The fourth-order valence-electron chi connectivity index (χ4n) is 2.96. The van der Waals surface area contributed by atoms with Crippen LogP contribution in [0.4, 0.5) is 0 Å². The Morgan fingerprint density at radius 1 is 1.07 bits per heavy atom. The van der Waals surface area contributed by atoms with Gasteiger partial charge in [-0.3, -0.25) is 14.8 Å². The maximum Gasteiger partial charge on any atom is 0.124 e. The lowest BCUT2D eigenvalue weighted by Gasteiger charge is -2.17. The molecular weight excluding hydrogens is 409 g/mol. The molecule has 0 amide bonds. The van der Waals surface area contributed by atoms with Crippen LogP contribution in [0.2, 0.25) is 15.1 Å². The molecule has 0 saturated heterocycles. The molecule has 0 aliphatic heterocycles. The van der Waals surface area contributed by atoms with Crippen LogP contribution < -0.4 is 4.74 Å². The molecule has 27 heavy (non-hydrogen) atoms. The summed E-state index contributed by atoms with van der Waals surface area (Å²) in [4.78, 5) is 3.97. The number of hydrogen-bond acceptors (Lipinski definition) is 4. The van der Waals surface area contributed by atoms with Gasteiger partial charge in [-0.25, -0.2) is 0 Å². The first-order valence-electron chi connectivity index (χ1n) is 8.06. The number of ether oxygens (including phenoxy) is 1.